The van der Waals surface area contributed by atoms with Crippen LogP contribution in [0.3, 0.4) is 0 Å². The van der Waals surface area contributed by atoms with Gasteiger partial charge in [0.05, 0.1) is 19.2 Å². The Balaban J connectivity index is 1.74. The van der Waals surface area contributed by atoms with Crippen molar-refractivity contribution in [2.45, 2.75) is 18.8 Å². The van der Waals surface area contributed by atoms with Gasteiger partial charge in [-0.15, -0.1) is 0 Å². The number of ether oxygens (including phenoxy) is 1. The SMILES string of the molecule is COc1cccc(C(CCCN(C)C)C(=O)Nc2ccc(-c3cn[nH]c3)cc2)c1. The topological polar surface area (TPSA) is 70.2 Å². The van der Waals surface area contributed by atoms with Gasteiger partial charge in [-0.3, -0.25) is 9.89 Å². The molecule has 0 radical (unpaired) electrons. The minimum absolute atomic E-state index is 0.00642. The van der Waals surface area contributed by atoms with Crippen LogP contribution in [0.2, 0.25) is 0 Å². The van der Waals surface area contributed by atoms with E-state index in [4.69, 9.17) is 4.74 Å². The molecule has 0 spiro atoms. The first-order valence-corrected chi connectivity index (χ1v) is 9.75. The molecule has 2 N–H and O–H groups in total. The van der Waals surface area contributed by atoms with E-state index >= 15 is 0 Å². The molecule has 0 aliphatic heterocycles. The zero-order valence-corrected chi connectivity index (χ0v) is 17.2. The Morgan fingerprint density at radius 2 is 1.97 bits per heavy atom. The molecule has 0 aliphatic carbocycles. The molecule has 0 saturated carbocycles. The lowest BCUT2D eigenvalue weighted by Crippen LogP contribution is -2.23. The number of aromatic amines is 1. The zero-order valence-electron chi connectivity index (χ0n) is 17.2. The lowest BCUT2D eigenvalue weighted by molar-refractivity contribution is -0.117. The molecular weight excluding hydrogens is 364 g/mol. The molecule has 2 aromatic carbocycles. The zero-order chi connectivity index (χ0) is 20.6. The smallest absolute Gasteiger partial charge is 0.231 e. The van der Waals surface area contributed by atoms with Gasteiger partial charge in [-0.1, -0.05) is 24.3 Å². The molecule has 1 atom stereocenters. The first kappa shape index (κ1) is 20.6. The van der Waals surface area contributed by atoms with Crippen molar-refractivity contribution in [2.24, 2.45) is 0 Å². The summed E-state index contributed by atoms with van der Waals surface area (Å²) in [7, 11) is 5.73. The van der Waals surface area contributed by atoms with Gasteiger partial charge >= 0.3 is 0 Å². The quantitative estimate of drug-likeness (QED) is 0.574. The number of aromatic nitrogens is 2. The fraction of sp³-hybridized carbons (Fsp3) is 0.304. The first-order valence-electron chi connectivity index (χ1n) is 9.75. The number of nitrogens with zero attached hydrogens (tertiary/aromatic N) is 2. The van der Waals surface area contributed by atoms with Crippen LogP contribution in [-0.4, -0.2) is 48.8 Å². The lowest BCUT2D eigenvalue weighted by Gasteiger charge is -2.19. The predicted molar refractivity (Wildman–Crippen MR) is 116 cm³/mol. The highest BCUT2D eigenvalue weighted by atomic mass is 16.5. The number of rotatable bonds is 9. The molecule has 1 amide bonds. The van der Waals surface area contributed by atoms with E-state index in [0.29, 0.717) is 0 Å². The molecule has 1 aromatic heterocycles. The highest BCUT2D eigenvalue weighted by Crippen LogP contribution is 2.27. The van der Waals surface area contributed by atoms with Crippen molar-refractivity contribution in [3.8, 4) is 16.9 Å². The van der Waals surface area contributed by atoms with Gasteiger partial charge in [0.15, 0.2) is 0 Å². The number of methoxy groups -OCH3 is 1. The third-order valence-corrected chi connectivity index (χ3v) is 4.89. The Hall–Kier alpha value is -3.12. The summed E-state index contributed by atoms with van der Waals surface area (Å²) >= 11 is 0. The van der Waals surface area contributed by atoms with E-state index in [1.807, 2.05) is 68.8 Å². The lowest BCUT2D eigenvalue weighted by atomic mass is 9.92. The minimum atomic E-state index is -0.237. The molecule has 0 fully saturated rings. The standard InChI is InChI=1S/C23H28N4O2/c1-27(2)13-5-8-22(18-6-4-7-21(14-18)29-3)23(28)26-20-11-9-17(10-12-20)19-15-24-25-16-19/h4,6-7,9-12,14-16,22H,5,8,13H2,1-3H3,(H,24,25)(H,26,28). The number of anilines is 1. The van der Waals surface area contributed by atoms with Crippen LogP contribution in [0, 0.1) is 0 Å². The van der Waals surface area contributed by atoms with Crippen LogP contribution in [0.4, 0.5) is 5.69 Å². The van der Waals surface area contributed by atoms with E-state index < -0.39 is 0 Å². The van der Waals surface area contributed by atoms with Crippen molar-refractivity contribution in [3.05, 3.63) is 66.5 Å². The summed E-state index contributed by atoms with van der Waals surface area (Å²) in [6.45, 7) is 0.938. The number of carbonyl (C=O) groups is 1. The maximum Gasteiger partial charge on any atom is 0.231 e. The molecule has 1 heterocycles. The van der Waals surface area contributed by atoms with Crippen LogP contribution in [0.5, 0.6) is 5.75 Å². The molecule has 3 rings (SSSR count). The summed E-state index contributed by atoms with van der Waals surface area (Å²) in [6.07, 6.45) is 5.32. The molecule has 29 heavy (non-hydrogen) atoms. The van der Waals surface area contributed by atoms with Gasteiger partial charge in [0, 0.05) is 17.4 Å². The highest BCUT2D eigenvalue weighted by molar-refractivity contribution is 5.96. The fourth-order valence-corrected chi connectivity index (χ4v) is 3.30. The van der Waals surface area contributed by atoms with E-state index in [1.54, 1.807) is 13.3 Å². The van der Waals surface area contributed by atoms with Gasteiger partial charge in [0.1, 0.15) is 5.75 Å². The second-order valence-electron chi connectivity index (χ2n) is 7.33. The van der Waals surface area contributed by atoms with Crippen molar-refractivity contribution in [3.63, 3.8) is 0 Å². The second kappa shape index (κ2) is 9.89. The van der Waals surface area contributed by atoms with Crippen LogP contribution in [-0.2, 0) is 4.79 Å². The Morgan fingerprint density at radius 3 is 2.62 bits per heavy atom. The number of benzene rings is 2. The normalized spacial score (nSPS) is 12.0. The molecule has 0 saturated heterocycles. The van der Waals surface area contributed by atoms with Crippen molar-refractivity contribution in [2.75, 3.05) is 33.1 Å². The van der Waals surface area contributed by atoms with Gasteiger partial charge in [-0.05, 0) is 68.9 Å². The largest absolute Gasteiger partial charge is 0.497 e. The first-order chi connectivity index (χ1) is 14.1. The Kier molecular flexibility index (Phi) is 7.03. The van der Waals surface area contributed by atoms with Crippen LogP contribution in [0.25, 0.3) is 11.1 Å². The maximum absolute atomic E-state index is 13.1. The molecule has 0 bridgehead atoms. The summed E-state index contributed by atoms with van der Waals surface area (Å²) in [5.41, 5.74) is 3.81. The molecule has 152 valence electrons. The van der Waals surface area contributed by atoms with E-state index in [1.165, 1.54) is 0 Å². The van der Waals surface area contributed by atoms with E-state index in [9.17, 15) is 4.79 Å². The number of amides is 1. The third kappa shape index (κ3) is 5.68. The molecule has 0 aliphatic rings. The van der Waals surface area contributed by atoms with Crippen molar-refractivity contribution in [1.82, 2.24) is 15.1 Å². The van der Waals surface area contributed by atoms with Crippen LogP contribution in [0.1, 0.15) is 24.3 Å². The number of carbonyl (C=O) groups excluding carboxylic acids is 1. The predicted octanol–water partition coefficient (Wildman–Crippen LogP) is 4.15. The second-order valence-corrected chi connectivity index (χ2v) is 7.33. The van der Waals surface area contributed by atoms with Gasteiger partial charge in [0.25, 0.3) is 0 Å². The summed E-state index contributed by atoms with van der Waals surface area (Å²) in [5.74, 6) is 0.518. The van der Waals surface area contributed by atoms with Gasteiger partial charge in [0.2, 0.25) is 5.91 Å². The molecule has 1 unspecified atom stereocenters. The molecule has 6 heteroatoms. The minimum Gasteiger partial charge on any atom is -0.497 e. The van der Waals surface area contributed by atoms with Crippen LogP contribution >= 0.6 is 0 Å². The van der Waals surface area contributed by atoms with Crippen LogP contribution < -0.4 is 10.1 Å². The average Bonchev–Trinajstić information content (AvgIpc) is 3.26. The van der Waals surface area contributed by atoms with Crippen molar-refractivity contribution in [1.29, 1.82) is 0 Å². The summed E-state index contributed by atoms with van der Waals surface area (Å²) in [4.78, 5) is 15.3. The van der Waals surface area contributed by atoms with Gasteiger partial charge < -0.3 is 15.0 Å². The van der Waals surface area contributed by atoms with E-state index in [-0.39, 0.29) is 11.8 Å². The monoisotopic (exact) mass is 392 g/mol. The molecule has 6 nitrogen and oxygen atoms in total. The van der Waals surface area contributed by atoms with Gasteiger partial charge in [-0.2, -0.15) is 5.10 Å². The Labute approximate surface area is 171 Å². The Bertz CT molecular complexity index is 905. The maximum atomic E-state index is 13.1. The third-order valence-electron chi connectivity index (χ3n) is 4.89. The number of hydrogen-bond donors (Lipinski definition) is 2. The van der Waals surface area contributed by atoms with Crippen molar-refractivity contribution >= 4 is 11.6 Å². The average molecular weight is 393 g/mol. The van der Waals surface area contributed by atoms with E-state index in [2.05, 4.69) is 20.4 Å². The van der Waals surface area contributed by atoms with Gasteiger partial charge in [-0.25, -0.2) is 0 Å². The summed E-state index contributed by atoms with van der Waals surface area (Å²) in [5, 5.41) is 9.86. The summed E-state index contributed by atoms with van der Waals surface area (Å²) in [6, 6.07) is 15.6. The highest BCUT2D eigenvalue weighted by Gasteiger charge is 2.21. The Morgan fingerprint density at radius 1 is 1.17 bits per heavy atom. The summed E-state index contributed by atoms with van der Waals surface area (Å²) < 4.78 is 5.35. The van der Waals surface area contributed by atoms with Crippen molar-refractivity contribution < 1.29 is 9.53 Å². The number of nitrogens with one attached hydrogen (secondary N) is 2. The van der Waals surface area contributed by atoms with E-state index in [0.717, 1.165) is 47.5 Å². The molecule has 3 aromatic rings. The van der Waals surface area contributed by atoms with Crippen LogP contribution in [0.15, 0.2) is 60.9 Å². The number of H-pyrrole nitrogens is 1. The molecular formula is C23H28N4O2. The fourth-order valence-electron chi connectivity index (χ4n) is 3.30. The number of hydrogen-bond acceptors (Lipinski definition) is 4.